The fourth-order valence-corrected chi connectivity index (χ4v) is 3.04. The number of aliphatic carboxylic acids is 1. The molecule has 1 aromatic carbocycles. The topological polar surface area (TPSA) is 58.6 Å². The van der Waals surface area contributed by atoms with Crippen molar-refractivity contribution < 1.29 is 14.6 Å². The van der Waals surface area contributed by atoms with Gasteiger partial charge in [0.1, 0.15) is 11.8 Å². The molecule has 0 saturated carbocycles. The molecule has 1 fully saturated rings. The maximum atomic E-state index is 10.9. The minimum absolute atomic E-state index is 0.00106. The highest BCUT2D eigenvalue weighted by molar-refractivity contribution is 7.99. The van der Waals surface area contributed by atoms with E-state index in [0.29, 0.717) is 12.4 Å². The fourth-order valence-electron chi connectivity index (χ4n) is 1.78. The van der Waals surface area contributed by atoms with Gasteiger partial charge >= 0.3 is 5.97 Å². The number of hydrogen-bond donors (Lipinski definition) is 2. The monoisotopic (exact) mass is 253 g/mol. The van der Waals surface area contributed by atoms with E-state index in [1.165, 1.54) is 0 Å². The summed E-state index contributed by atoms with van der Waals surface area (Å²) in [6.45, 7) is 2.54. The molecular formula is C12H15NO3S. The van der Waals surface area contributed by atoms with Crippen LogP contribution in [0.15, 0.2) is 24.3 Å². The molecule has 1 unspecified atom stereocenters. The quantitative estimate of drug-likeness (QED) is 0.858. The van der Waals surface area contributed by atoms with Gasteiger partial charge in [0.15, 0.2) is 0 Å². The summed E-state index contributed by atoms with van der Waals surface area (Å²) in [4.78, 5) is 10.9. The number of hydrogen-bond acceptors (Lipinski definition) is 4. The van der Waals surface area contributed by atoms with Crippen molar-refractivity contribution in [2.45, 2.75) is 18.3 Å². The second-order valence-electron chi connectivity index (χ2n) is 3.74. The van der Waals surface area contributed by atoms with Gasteiger partial charge in [0.2, 0.25) is 0 Å². The third-order valence-corrected chi connectivity index (χ3v) is 3.83. The van der Waals surface area contributed by atoms with Crippen molar-refractivity contribution in [3.05, 3.63) is 29.8 Å². The van der Waals surface area contributed by atoms with Crippen molar-refractivity contribution in [3.8, 4) is 5.75 Å². The van der Waals surface area contributed by atoms with Crippen LogP contribution in [0, 0.1) is 0 Å². The van der Waals surface area contributed by atoms with E-state index in [1.54, 1.807) is 11.8 Å². The standard InChI is InChI=1S/C12H15NO3S/c1-2-16-10-6-4-3-5-8(10)11-13-9(7-17-11)12(14)15/h3-6,9,11,13H,2,7H2,1H3,(H,14,15)/t9-,11?/m1/s1. The zero-order chi connectivity index (χ0) is 12.3. The Balaban J connectivity index is 2.15. The molecule has 17 heavy (non-hydrogen) atoms. The lowest BCUT2D eigenvalue weighted by molar-refractivity contribution is -0.138. The first-order valence-corrected chi connectivity index (χ1v) is 6.59. The Bertz CT molecular complexity index is 410. The van der Waals surface area contributed by atoms with Crippen molar-refractivity contribution in [3.63, 3.8) is 0 Å². The predicted octanol–water partition coefficient (Wildman–Crippen LogP) is 1.87. The van der Waals surface area contributed by atoms with Gasteiger partial charge in [-0.15, -0.1) is 11.8 Å². The molecule has 92 valence electrons. The maximum absolute atomic E-state index is 10.9. The van der Waals surface area contributed by atoms with E-state index in [0.717, 1.165) is 11.3 Å². The molecule has 0 bridgehead atoms. The normalized spacial score (nSPS) is 23.6. The van der Waals surface area contributed by atoms with Gasteiger partial charge in [-0.1, -0.05) is 18.2 Å². The molecule has 1 saturated heterocycles. The molecule has 1 aliphatic rings. The zero-order valence-electron chi connectivity index (χ0n) is 9.55. The molecule has 0 radical (unpaired) electrons. The van der Waals surface area contributed by atoms with Crippen LogP contribution in [-0.2, 0) is 4.79 Å². The number of benzene rings is 1. The Hall–Kier alpha value is -1.20. The number of ether oxygens (including phenoxy) is 1. The van der Waals surface area contributed by atoms with Crippen LogP contribution in [-0.4, -0.2) is 29.5 Å². The number of nitrogens with one attached hydrogen (secondary N) is 1. The average molecular weight is 253 g/mol. The zero-order valence-corrected chi connectivity index (χ0v) is 10.4. The largest absolute Gasteiger partial charge is 0.494 e. The average Bonchev–Trinajstić information content (AvgIpc) is 2.79. The molecule has 0 spiro atoms. The van der Waals surface area contributed by atoms with Crippen molar-refractivity contribution in [1.82, 2.24) is 5.32 Å². The molecule has 0 aromatic heterocycles. The molecule has 1 aromatic rings. The summed E-state index contributed by atoms with van der Waals surface area (Å²) >= 11 is 1.60. The second kappa shape index (κ2) is 5.42. The van der Waals surface area contributed by atoms with Gasteiger partial charge in [-0.2, -0.15) is 0 Å². The smallest absolute Gasteiger partial charge is 0.321 e. The summed E-state index contributed by atoms with van der Waals surface area (Å²) in [6.07, 6.45) is 0. The van der Waals surface area contributed by atoms with Crippen LogP contribution >= 0.6 is 11.8 Å². The molecule has 2 atom stereocenters. The highest BCUT2D eigenvalue weighted by atomic mass is 32.2. The lowest BCUT2D eigenvalue weighted by Gasteiger charge is -2.15. The molecule has 4 nitrogen and oxygen atoms in total. The van der Waals surface area contributed by atoms with Gasteiger partial charge in [0.25, 0.3) is 0 Å². The number of carboxylic acids is 1. The van der Waals surface area contributed by atoms with E-state index < -0.39 is 12.0 Å². The van der Waals surface area contributed by atoms with E-state index in [1.807, 2.05) is 31.2 Å². The van der Waals surface area contributed by atoms with E-state index in [4.69, 9.17) is 9.84 Å². The van der Waals surface area contributed by atoms with Crippen molar-refractivity contribution in [1.29, 1.82) is 0 Å². The van der Waals surface area contributed by atoms with E-state index >= 15 is 0 Å². The summed E-state index contributed by atoms with van der Waals surface area (Å²) < 4.78 is 5.54. The minimum atomic E-state index is -0.797. The summed E-state index contributed by atoms with van der Waals surface area (Å²) in [6, 6.07) is 7.27. The first kappa shape index (κ1) is 12.3. The minimum Gasteiger partial charge on any atom is -0.494 e. The summed E-state index contributed by atoms with van der Waals surface area (Å²) in [5, 5.41) is 12.0. The SMILES string of the molecule is CCOc1ccccc1C1N[C@@H](C(=O)O)CS1. The predicted molar refractivity (Wildman–Crippen MR) is 67.4 cm³/mol. The summed E-state index contributed by atoms with van der Waals surface area (Å²) in [5.74, 6) is 0.612. The molecule has 2 N–H and O–H groups in total. The molecule has 2 rings (SSSR count). The number of carboxylic acid groups (broad SMARTS) is 1. The third-order valence-electron chi connectivity index (χ3n) is 2.58. The Labute approximate surface area is 104 Å². The fraction of sp³-hybridized carbons (Fsp3) is 0.417. The van der Waals surface area contributed by atoms with Crippen molar-refractivity contribution >= 4 is 17.7 Å². The van der Waals surface area contributed by atoms with Crippen molar-refractivity contribution in [2.75, 3.05) is 12.4 Å². The van der Waals surface area contributed by atoms with Gasteiger partial charge in [-0.05, 0) is 13.0 Å². The highest BCUT2D eigenvalue weighted by Crippen LogP contribution is 2.37. The van der Waals surface area contributed by atoms with E-state index in [-0.39, 0.29) is 5.37 Å². The van der Waals surface area contributed by atoms with Crippen LogP contribution in [0.4, 0.5) is 0 Å². The van der Waals surface area contributed by atoms with Gasteiger partial charge < -0.3 is 9.84 Å². The molecule has 5 heteroatoms. The molecular weight excluding hydrogens is 238 g/mol. The lowest BCUT2D eigenvalue weighted by Crippen LogP contribution is -2.33. The summed E-state index contributed by atoms with van der Waals surface area (Å²) in [7, 11) is 0. The van der Waals surface area contributed by atoms with Crippen LogP contribution in [0.3, 0.4) is 0 Å². The highest BCUT2D eigenvalue weighted by Gasteiger charge is 2.31. The molecule has 0 aliphatic carbocycles. The van der Waals surface area contributed by atoms with Gasteiger partial charge in [-0.3, -0.25) is 10.1 Å². The van der Waals surface area contributed by atoms with Gasteiger partial charge in [0, 0.05) is 11.3 Å². The number of thioether (sulfide) groups is 1. The Morgan fingerprint density at radius 1 is 1.59 bits per heavy atom. The van der Waals surface area contributed by atoms with Crippen LogP contribution in [0.5, 0.6) is 5.75 Å². The Kier molecular flexibility index (Phi) is 3.91. The Morgan fingerprint density at radius 3 is 3.00 bits per heavy atom. The summed E-state index contributed by atoms with van der Waals surface area (Å²) in [5.41, 5.74) is 1.02. The number of para-hydroxylation sites is 1. The van der Waals surface area contributed by atoms with Crippen molar-refractivity contribution in [2.24, 2.45) is 0 Å². The van der Waals surface area contributed by atoms with Crippen LogP contribution < -0.4 is 10.1 Å². The van der Waals surface area contributed by atoms with Gasteiger partial charge in [-0.25, -0.2) is 0 Å². The number of carbonyl (C=O) groups is 1. The van der Waals surface area contributed by atoms with Crippen LogP contribution in [0.25, 0.3) is 0 Å². The molecule has 1 heterocycles. The van der Waals surface area contributed by atoms with Crippen LogP contribution in [0.1, 0.15) is 17.9 Å². The van der Waals surface area contributed by atoms with E-state index in [9.17, 15) is 4.79 Å². The molecule has 1 aliphatic heterocycles. The van der Waals surface area contributed by atoms with Gasteiger partial charge in [0.05, 0.1) is 12.0 Å². The third kappa shape index (κ3) is 2.73. The second-order valence-corrected chi connectivity index (χ2v) is 4.88. The maximum Gasteiger partial charge on any atom is 0.321 e. The van der Waals surface area contributed by atoms with E-state index in [2.05, 4.69) is 5.32 Å². The first-order chi connectivity index (χ1) is 8.22. The van der Waals surface area contributed by atoms with Crippen LogP contribution in [0.2, 0.25) is 0 Å². The number of rotatable bonds is 4. The Morgan fingerprint density at radius 2 is 2.35 bits per heavy atom. The first-order valence-electron chi connectivity index (χ1n) is 5.54. The lowest BCUT2D eigenvalue weighted by atomic mass is 10.2. The molecule has 0 amide bonds.